The van der Waals surface area contributed by atoms with Crippen LogP contribution in [-0.2, 0) is 0 Å². The maximum Gasteiger partial charge on any atom is 0.368 e. The van der Waals surface area contributed by atoms with Crippen LogP contribution in [0, 0.1) is 45.1 Å². The fraction of sp³-hybridized carbons (Fsp3) is 0.636. The first-order chi connectivity index (χ1) is 11.5. The van der Waals surface area contributed by atoms with E-state index < -0.39 is 24.2 Å². The normalized spacial score (nSPS) is 10.9. The topological polar surface area (TPSA) is 0 Å². The Kier molecular flexibility index (Phi) is 11.0. The van der Waals surface area contributed by atoms with Crippen molar-refractivity contribution < 1.29 is 0 Å². The molecular weight excluding hydrogens is 349 g/mol. The Labute approximate surface area is 161 Å². The molecule has 0 atom stereocenters. The molecule has 0 aliphatic rings. The van der Waals surface area contributed by atoms with Crippen molar-refractivity contribution in [2.45, 2.75) is 91.7 Å². The van der Waals surface area contributed by atoms with Gasteiger partial charge in [0.2, 0.25) is 0 Å². The summed E-state index contributed by atoms with van der Waals surface area (Å²) in [5.41, 5.74) is 21.2. The van der Waals surface area contributed by atoms with Gasteiger partial charge in [0.15, 0.2) is 0 Å². The second-order valence-corrected chi connectivity index (χ2v) is 20.6. The number of hydrogen-bond acceptors (Lipinski definition) is 0. The van der Waals surface area contributed by atoms with Crippen LogP contribution in [-0.4, -0.2) is 24.2 Å². The van der Waals surface area contributed by atoms with Gasteiger partial charge in [0, 0.05) is 12.8 Å². The Bertz CT molecular complexity index is 584. The lowest BCUT2D eigenvalue weighted by Crippen LogP contribution is -2.32. The van der Waals surface area contributed by atoms with Gasteiger partial charge in [-0.15, -0.1) is 22.9 Å². The molecule has 25 heavy (non-hydrogen) atoms. The standard InChI is InChI=1S/C22H36Si3/c1-9-11-13-15-17-25(18-16-14-12-10-2,21-19-23(3,4)5)22-20-24(6,7)8/h9-14H2,1-8H3. The zero-order valence-corrected chi connectivity index (χ0v) is 20.7. The molecule has 0 aromatic rings. The van der Waals surface area contributed by atoms with Gasteiger partial charge in [-0.25, -0.2) is 0 Å². The highest BCUT2D eigenvalue weighted by Crippen LogP contribution is 2.06. The molecule has 3 heteroatoms. The summed E-state index contributed by atoms with van der Waals surface area (Å²) in [7, 11) is -5.43. The van der Waals surface area contributed by atoms with Crippen molar-refractivity contribution in [3.8, 4) is 45.1 Å². The molecule has 0 unspecified atom stereocenters. The van der Waals surface area contributed by atoms with Gasteiger partial charge in [0.25, 0.3) is 0 Å². The van der Waals surface area contributed by atoms with E-state index in [9.17, 15) is 0 Å². The molecule has 0 saturated carbocycles. The van der Waals surface area contributed by atoms with Crippen LogP contribution in [0.4, 0.5) is 0 Å². The Balaban J connectivity index is 6.05. The van der Waals surface area contributed by atoms with Crippen LogP contribution in [0.3, 0.4) is 0 Å². The average molecular weight is 385 g/mol. The summed E-state index contributed by atoms with van der Waals surface area (Å²) >= 11 is 0. The zero-order chi connectivity index (χ0) is 19.4. The smallest absolute Gasteiger partial charge is 0.136 e. The molecule has 0 N–H and O–H groups in total. The van der Waals surface area contributed by atoms with Crippen LogP contribution in [0.1, 0.15) is 52.4 Å². The molecule has 0 aromatic carbocycles. The monoisotopic (exact) mass is 384 g/mol. The molecule has 136 valence electrons. The Morgan fingerprint density at radius 2 is 0.880 bits per heavy atom. The number of hydrogen-bond donors (Lipinski definition) is 0. The Hall–Kier alpha value is -1.11. The summed E-state index contributed by atoms with van der Waals surface area (Å²) in [5.74, 6) is 6.75. The second kappa shape index (κ2) is 11.5. The van der Waals surface area contributed by atoms with Crippen LogP contribution < -0.4 is 0 Å². The molecule has 0 aromatic heterocycles. The fourth-order valence-electron chi connectivity index (χ4n) is 1.67. The molecule has 0 amide bonds. The molecule has 0 aliphatic heterocycles. The van der Waals surface area contributed by atoms with E-state index in [1.165, 1.54) is 12.8 Å². The Morgan fingerprint density at radius 3 is 1.16 bits per heavy atom. The van der Waals surface area contributed by atoms with Gasteiger partial charge in [-0.2, -0.15) is 0 Å². The zero-order valence-electron chi connectivity index (χ0n) is 17.7. The van der Waals surface area contributed by atoms with Crippen molar-refractivity contribution in [2.24, 2.45) is 0 Å². The van der Waals surface area contributed by atoms with E-state index in [0.29, 0.717) is 0 Å². The van der Waals surface area contributed by atoms with Gasteiger partial charge in [0.1, 0.15) is 16.1 Å². The molecule has 0 spiro atoms. The highest BCUT2D eigenvalue weighted by atomic mass is 28.3. The quantitative estimate of drug-likeness (QED) is 0.329. The van der Waals surface area contributed by atoms with E-state index >= 15 is 0 Å². The predicted molar refractivity (Wildman–Crippen MR) is 123 cm³/mol. The van der Waals surface area contributed by atoms with Crippen LogP contribution in [0.25, 0.3) is 0 Å². The van der Waals surface area contributed by atoms with Crippen LogP contribution >= 0.6 is 0 Å². The average Bonchev–Trinajstić information content (AvgIpc) is 2.50. The van der Waals surface area contributed by atoms with Crippen molar-refractivity contribution in [3.63, 3.8) is 0 Å². The first-order valence-electron chi connectivity index (χ1n) is 9.62. The molecular formula is C22H36Si3. The van der Waals surface area contributed by atoms with Crippen LogP contribution in [0.5, 0.6) is 0 Å². The van der Waals surface area contributed by atoms with E-state index in [1.807, 2.05) is 0 Å². The molecule has 0 fully saturated rings. The molecule has 0 aliphatic carbocycles. The van der Waals surface area contributed by atoms with Crippen LogP contribution in [0.15, 0.2) is 0 Å². The largest absolute Gasteiger partial charge is 0.368 e. The van der Waals surface area contributed by atoms with E-state index in [0.717, 1.165) is 25.7 Å². The first-order valence-corrected chi connectivity index (χ1v) is 18.6. The van der Waals surface area contributed by atoms with E-state index in [-0.39, 0.29) is 0 Å². The van der Waals surface area contributed by atoms with Crippen molar-refractivity contribution in [2.75, 3.05) is 0 Å². The lowest BCUT2D eigenvalue weighted by molar-refractivity contribution is 0.828. The van der Waals surface area contributed by atoms with Gasteiger partial charge in [-0.3, -0.25) is 0 Å². The van der Waals surface area contributed by atoms with Crippen molar-refractivity contribution in [3.05, 3.63) is 0 Å². The number of unbranched alkanes of at least 4 members (excludes halogenated alkanes) is 4. The van der Waals surface area contributed by atoms with E-state index in [1.54, 1.807) is 0 Å². The number of rotatable bonds is 4. The van der Waals surface area contributed by atoms with Gasteiger partial charge in [-0.05, 0) is 12.8 Å². The van der Waals surface area contributed by atoms with E-state index in [4.69, 9.17) is 0 Å². The summed E-state index contributed by atoms with van der Waals surface area (Å²) in [4.78, 5) is 0. The summed E-state index contributed by atoms with van der Waals surface area (Å²) in [5, 5.41) is 0. The molecule has 0 heterocycles. The second-order valence-electron chi connectivity index (χ2n) is 8.56. The van der Waals surface area contributed by atoms with Gasteiger partial charge in [0.05, 0.1) is 0 Å². The highest BCUT2D eigenvalue weighted by molar-refractivity contribution is 7.08. The lowest BCUT2D eigenvalue weighted by Gasteiger charge is -2.10. The summed E-state index contributed by atoms with van der Waals surface area (Å²) in [6.07, 6.45) is 6.50. The summed E-state index contributed by atoms with van der Waals surface area (Å²) in [6.45, 7) is 18.1. The van der Waals surface area contributed by atoms with Crippen molar-refractivity contribution in [1.82, 2.24) is 0 Å². The summed E-state index contributed by atoms with van der Waals surface area (Å²) < 4.78 is 0. The molecule has 0 saturated heterocycles. The minimum atomic E-state index is -2.49. The van der Waals surface area contributed by atoms with Crippen molar-refractivity contribution in [1.29, 1.82) is 0 Å². The van der Waals surface area contributed by atoms with Crippen molar-refractivity contribution >= 4 is 24.2 Å². The van der Waals surface area contributed by atoms with E-state index in [2.05, 4.69) is 98.2 Å². The maximum atomic E-state index is 3.55. The van der Waals surface area contributed by atoms with Gasteiger partial charge >= 0.3 is 8.07 Å². The first kappa shape index (κ1) is 23.9. The summed E-state index contributed by atoms with van der Waals surface area (Å²) in [6, 6.07) is 0. The van der Waals surface area contributed by atoms with Crippen LogP contribution in [0.2, 0.25) is 39.3 Å². The molecule has 0 rings (SSSR count). The molecule has 0 radical (unpaired) electrons. The highest BCUT2D eigenvalue weighted by Gasteiger charge is 2.27. The SMILES string of the molecule is CCCCC#C[Si](C#CCCCC)(C#C[Si](C)(C)C)C#C[Si](C)(C)C. The Morgan fingerprint density at radius 1 is 0.520 bits per heavy atom. The molecule has 0 nitrogen and oxygen atoms in total. The maximum absolute atomic E-state index is 3.55. The minimum absolute atomic E-state index is 0.936. The lowest BCUT2D eigenvalue weighted by atomic mass is 10.3. The minimum Gasteiger partial charge on any atom is -0.136 e. The fourth-order valence-corrected chi connectivity index (χ4v) is 7.33. The van der Waals surface area contributed by atoms with Gasteiger partial charge in [-0.1, -0.05) is 88.1 Å². The molecule has 0 bridgehead atoms. The third kappa shape index (κ3) is 13.8. The predicted octanol–water partition coefficient (Wildman–Crippen LogP) is 5.74. The van der Waals surface area contributed by atoms with Gasteiger partial charge < -0.3 is 0 Å². The third-order valence-corrected chi connectivity index (χ3v) is 7.47. The third-order valence-electron chi connectivity index (χ3n) is 3.11.